The minimum absolute atomic E-state index is 0.151. The van der Waals surface area contributed by atoms with Crippen molar-refractivity contribution < 1.29 is 10.6 Å². The standard InChI is InChI=1S/C12H12FN3OS/c13-9-3-1-2-8(6-9)11-10(16-7-18-11)12(17)15-5-4-14/h1-3,6-7H,4-5,14H2,(H,15,17)/i2T. The Hall–Kier alpha value is -1.79. The fourth-order valence-corrected chi connectivity index (χ4v) is 2.20. The van der Waals surface area contributed by atoms with Gasteiger partial charge in [0.15, 0.2) is 0 Å². The largest absolute Gasteiger partial charge is 0.349 e. The lowest BCUT2D eigenvalue weighted by Crippen LogP contribution is -2.29. The van der Waals surface area contributed by atoms with Crippen LogP contribution < -0.4 is 11.1 Å². The highest BCUT2D eigenvalue weighted by atomic mass is 32.1. The highest BCUT2D eigenvalue weighted by Gasteiger charge is 2.15. The lowest BCUT2D eigenvalue weighted by molar-refractivity contribution is 0.0951. The van der Waals surface area contributed by atoms with E-state index in [1.807, 2.05) is 0 Å². The molecule has 1 aromatic carbocycles. The zero-order chi connectivity index (χ0) is 13.8. The number of nitrogens with two attached hydrogens (primary N) is 1. The Balaban J connectivity index is 2.38. The highest BCUT2D eigenvalue weighted by Crippen LogP contribution is 2.27. The van der Waals surface area contributed by atoms with Gasteiger partial charge in [-0.2, -0.15) is 0 Å². The number of benzene rings is 1. The van der Waals surface area contributed by atoms with E-state index in [0.29, 0.717) is 23.5 Å². The summed E-state index contributed by atoms with van der Waals surface area (Å²) in [6, 6.07) is 3.95. The van der Waals surface area contributed by atoms with E-state index < -0.39 is 5.82 Å². The van der Waals surface area contributed by atoms with Crippen LogP contribution in [0, 0.1) is 5.82 Å². The van der Waals surface area contributed by atoms with Crippen LogP contribution in [0.4, 0.5) is 4.39 Å². The van der Waals surface area contributed by atoms with Crippen LogP contribution in [0.15, 0.2) is 29.8 Å². The number of carbonyl (C=O) groups is 1. The van der Waals surface area contributed by atoms with Crippen molar-refractivity contribution in [3.05, 3.63) is 41.3 Å². The summed E-state index contributed by atoms with van der Waals surface area (Å²) >= 11 is 1.20. The zero-order valence-electron chi connectivity index (χ0n) is 10.4. The van der Waals surface area contributed by atoms with Crippen LogP contribution in [0.25, 0.3) is 10.4 Å². The van der Waals surface area contributed by atoms with Gasteiger partial charge in [-0.3, -0.25) is 4.79 Å². The summed E-state index contributed by atoms with van der Waals surface area (Å²) in [7, 11) is 0. The van der Waals surface area contributed by atoms with E-state index in [0.717, 1.165) is 0 Å². The van der Waals surface area contributed by atoms with E-state index in [1.54, 1.807) is 0 Å². The number of carbonyl (C=O) groups excluding carboxylic acids is 1. The van der Waals surface area contributed by atoms with Crippen molar-refractivity contribution in [1.29, 1.82) is 0 Å². The average Bonchev–Trinajstić information content (AvgIpc) is 2.88. The van der Waals surface area contributed by atoms with Crippen molar-refractivity contribution in [2.24, 2.45) is 5.73 Å². The van der Waals surface area contributed by atoms with E-state index in [4.69, 9.17) is 7.10 Å². The molecule has 2 rings (SSSR count). The lowest BCUT2D eigenvalue weighted by atomic mass is 10.1. The molecule has 18 heavy (non-hydrogen) atoms. The zero-order valence-corrected chi connectivity index (χ0v) is 10.3. The topological polar surface area (TPSA) is 68.0 Å². The van der Waals surface area contributed by atoms with E-state index in [1.165, 1.54) is 35.0 Å². The minimum Gasteiger partial charge on any atom is -0.349 e. The molecule has 0 fully saturated rings. The quantitative estimate of drug-likeness (QED) is 0.885. The monoisotopic (exact) mass is 267 g/mol. The molecular formula is C12H12FN3OS. The van der Waals surface area contributed by atoms with E-state index in [-0.39, 0.29) is 17.6 Å². The number of halogens is 1. The van der Waals surface area contributed by atoms with Gasteiger partial charge < -0.3 is 11.1 Å². The van der Waals surface area contributed by atoms with Crippen LogP contribution in [0.1, 0.15) is 11.9 Å². The van der Waals surface area contributed by atoms with E-state index in [2.05, 4.69) is 10.3 Å². The number of thiazole rings is 1. The molecule has 94 valence electrons. The summed E-state index contributed by atoms with van der Waals surface area (Å²) in [6.07, 6.45) is 0. The number of nitrogens with one attached hydrogen (secondary N) is 1. The molecule has 0 atom stereocenters. The highest BCUT2D eigenvalue weighted by molar-refractivity contribution is 7.13. The number of hydrogen-bond donors (Lipinski definition) is 2. The normalized spacial score (nSPS) is 11.1. The molecule has 0 saturated heterocycles. The van der Waals surface area contributed by atoms with Crippen molar-refractivity contribution in [3.63, 3.8) is 0 Å². The number of aromatic nitrogens is 1. The number of rotatable bonds is 4. The molecule has 1 aromatic heterocycles. The summed E-state index contributed by atoms with van der Waals surface area (Å²) in [4.78, 5) is 16.3. The minimum atomic E-state index is -0.451. The fraction of sp³-hybridized carbons (Fsp3) is 0.167. The number of nitrogens with zero attached hydrogens (tertiary/aromatic N) is 1. The maximum Gasteiger partial charge on any atom is 0.271 e. The van der Waals surface area contributed by atoms with Gasteiger partial charge in [0.2, 0.25) is 0 Å². The van der Waals surface area contributed by atoms with Gasteiger partial charge in [-0.1, -0.05) is 12.1 Å². The van der Waals surface area contributed by atoms with Gasteiger partial charge in [-0.05, 0) is 17.7 Å². The average molecular weight is 267 g/mol. The molecule has 0 bridgehead atoms. The van der Waals surface area contributed by atoms with Crippen molar-refractivity contribution >= 4 is 17.2 Å². The lowest BCUT2D eigenvalue weighted by Gasteiger charge is -2.04. The first-order chi connectivity index (χ1) is 9.13. The van der Waals surface area contributed by atoms with Gasteiger partial charge in [-0.15, -0.1) is 11.3 Å². The first kappa shape index (κ1) is 11.3. The van der Waals surface area contributed by atoms with E-state index in [9.17, 15) is 9.18 Å². The summed E-state index contributed by atoms with van der Waals surface area (Å²) < 4.78 is 21.0. The number of amides is 1. The van der Waals surface area contributed by atoms with Crippen LogP contribution in [-0.4, -0.2) is 24.0 Å². The third-order valence-corrected chi connectivity index (χ3v) is 3.08. The molecule has 0 saturated carbocycles. The molecule has 1 amide bonds. The molecule has 4 nitrogen and oxygen atoms in total. The summed E-state index contributed by atoms with van der Waals surface area (Å²) in [5, 5.41) is 2.60. The Bertz CT molecular complexity index is 602. The molecule has 1 heterocycles. The second-order valence-corrected chi connectivity index (χ2v) is 4.35. The van der Waals surface area contributed by atoms with Crippen molar-refractivity contribution in [2.45, 2.75) is 0 Å². The Morgan fingerprint density at radius 3 is 3.28 bits per heavy atom. The van der Waals surface area contributed by atoms with E-state index >= 15 is 0 Å². The molecule has 0 unspecified atom stereocenters. The van der Waals surface area contributed by atoms with Crippen molar-refractivity contribution in [3.8, 4) is 10.4 Å². The van der Waals surface area contributed by atoms with Gasteiger partial charge in [0.25, 0.3) is 5.91 Å². The first-order valence-electron chi connectivity index (χ1n) is 5.81. The fourth-order valence-electron chi connectivity index (χ4n) is 1.44. The molecular weight excluding hydrogens is 253 g/mol. The van der Waals surface area contributed by atoms with Crippen LogP contribution in [0.3, 0.4) is 0 Å². The predicted molar refractivity (Wildman–Crippen MR) is 68.9 cm³/mol. The predicted octanol–water partition coefficient (Wildman–Crippen LogP) is 1.64. The Morgan fingerprint density at radius 1 is 1.67 bits per heavy atom. The molecule has 0 aliphatic rings. The number of hydrogen-bond acceptors (Lipinski definition) is 4. The molecule has 3 N–H and O–H groups in total. The Morgan fingerprint density at radius 2 is 2.50 bits per heavy atom. The maximum absolute atomic E-state index is 13.3. The van der Waals surface area contributed by atoms with Crippen LogP contribution in [0.5, 0.6) is 0 Å². The summed E-state index contributed by atoms with van der Waals surface area (Å²) in [5.41, 5.74) is 7.36. The van der Waals surface area contributed by atoms with Gasteiger partial charge in [0.05, 0.1) is 11.8 Å². The van der Waals surface area contributed by atoms with Crippen molar-refractivity contribution in [1.82, 2.24) is 10.3 Å². The molecule has 0 aliphatic heterocycles. The summed E-state index contributed by atoms with van der Waals surface area (Å²) in [6.45, 7) is 0.668. The SMILES string of the molecule is [3H]c1ccc(F)cc1-c1scnc1C(=O)NCCN. The second kappa shape index (κ2) is 5.70. The van der Waals surface area contributed by atoms with Gasteiger partial charge in [0, 0.05) is 13.1 Å². The molecule has 0 spiro atoms. The van der Waals surface area contributed by atoms with Gasteiger partial charge in [0.1, 0.15) is 11.5 Å². The Labute approximate surface area is 109 Å². The third kappa shape index (κ3) is 2.72. The van der Waals surface area contributed by atoms with Crippen molar-refractivity contribution in [2.75, 3.05) is 13.1 Å². The van der Waals surface area contributed by atoms with Gasteiger partial charge >= 0.3 is 0 Å². The molecule has 6 heteroatoms. The van der Waals surface area contributed by atoms with Gasteiger partial charge in [-0.25, -0.2) is 9.37 Å². The first-order valence-corrected chi connectivity index (χ1v) is 6.19. The second-order valence-electron chi connectivity index (χ2n) is 3.50. The summed E-state index contributed by atoms with van der Waals surface area (Å²) in [5.74, 6) is -0.821. The van der Waals surface area contributed by atoms with Crippen LogP contribution >= 0.6 is 11.3 Å². The smallest absolute Gasteiger partial charge is 0.271 e. The molecule has 0 aliphatic carbocycles. The maximum atomic E-state index is 13.3. The van der Waals surface area contributed by atoms with Crippen LogP contribution in [0.2, 0.25) is 0 Å². The molecule has 0 radical (unpaired) electrons. The third-order valence-electron chi connectivity index (χ3n) is 2.22. The Kier molecular flexibility index (Phi) is 3.58. The van der Waals surface area contributed by atoms with Crippen LogP contribution in [-0.2, 0) is 0 Å². The molecule has 2 aromatic rings.